The predicted octanol–water partition coefficient (Wildman–Crippen LogP) is 5.08. The molecule has 0 fully saturated rings. The largest absolute Gasteiger partial charge is 0.374 e. The monoisotopic (exact) mass is 561 g/mol. The first-order chi connectivity index (χ1) is 15.7. The highest BCUT2D eigenvalue weighted by molar-refractivity contribution is 14.0. The van der Waals surface area contributed by atoms with Crippen molar-refractivity contribution in [3.8, 4) is 0 Å². The third-order valence-electron chi connectivity index (χ3n) is 5.28. The maximum absolute atomic E-state index is 5.96. The molecule has 1 aromatic heterocycles. The second-order valence-corrected chi connectivity index (χ2v) is 7.82. The van der Waals surface area contributed by atoms with E-state index in [0.29, 0.717) is 13.2 Å². The van der Waals surface area contributed by atoms with E-state index in [2.05, 4.69) is 70.4 Å². The van der Waals surface area contributed by atoms with Gasteiger partial charge in [0.05, 0.1) is 12.6 Å². The average Bonchev–Trinajstić information content (AvgIpc) is 3.22. The van der Waals surface area contributed by atoms with E-state index in [1.54, 1.807) is 0 Å². The van der Waals surface area contributed by atoms with Crippen LogP contribution in [0.25, 0.3) is 0 Å². The van der Waals surface area contributed by atoms with E-state index in [4.69, 9.17) is 9.73 Å². The topological polar surface area (TPSA) is 63.5 Å². The standard InChI is InChI=1S/C26H35N5O.HI/c1-4-27-26(29-14-9-17-32-21(2)25-12-6-5-7-13-25)30-19-23-10-8-11-24(18-23)20-31-16-15-28-22(31)3;/h5-8,10-13,15-16,18,21H,4,9,14,17,19-20H2,1-3H3,(H2,27,29,30);1H. The zero-order valence-electron chi connectivity index (χ0n) is 19.8. The van der Waals surface area contributed by atoms with E-state index in [1.807, 2.05) is 37.5 Å². The summed E-state index contributed by atoms with van der Waals surface area (Å²) < 4.78 is 8.10. The Balaban J connectivity index is 0.00000385. The van der Waals surface area contributed by atoms with Gasteiger partial charge in [-0.2, -0.15) is 0 Å². The summed E-state index contributed by atoms with van der Waals surface area (Å²) in [4.78, 5) is 9.05. The normalized spacial score (nSPS) is 12.2. The van der Waals surface area contributed by atoms with E-state index >= 15 is 0 Å². The van der Waals surface area contributed by atoms with Gasteiger partial charge in [-0.25, -0.2) is 9.98 Å². The van der Waals surface area contributed by atoms with Crippen LogP contribution in [0.5, 0.6) is 0 Å². The molecule has 0 saturated heterocycles. The van der Waals surface area contributed by atoms with Gasteiger partial charge in [0.15, 0.2) is 5.96 Å². The minimum Gasteiger partial charge on any atom is -0.374 e. The summed E-state index contributed by atoms with van der Waals surface area (Å²) in [6.45, 7) is 10.00. The first-order valence-corrected chi connectivity index (χ1v) is 11.4. The van der Waals surface area contributed by atoms with Crippen LogP contribution in [0, 0.1) is 6.92 Å². The van der Waals surface area contributed by atoms with Gasteiger partial charge in [0, 0.05) is 38.6 Å². The molecule has 0 aliphatic carbocycles. The van der Waals surface area contributed by atoms with Crippen LogP contribution in [0.3, 0.4) is 0 Å². The van der Waals surface area contributed by atoms with E-state index in [9.17, 15) is 0 Å². The van der Waals surface area contributed by atoms with Crippen LogP contribution in [0.15, 0.2) is 72.0 Å². The average molecular weight is 562 g/mol. The summed E-state index contributed by atoms with van der Waals surface area (Å²) in [7, 11) is 0. The second-order valence-electron chi connectivity index (χ2n) is 7.82. The van der Waals surface area contributed by atoms with Crippen molar-refractivity contribution in [2.45, 2.75) is 46.4 Å². The maximum Gasteiger partial charge on any atom is 0.191 e. The lowest BCUT2D eigenvalue weighted by Crippen LogP contribution is -2.38. The molecular formula is C26H36IN5O. The number of aryl methyl sites for hydroxylation is 1. The lowest BCUT2D eigenvalue weighted by Gasteiger charge is -2.15. The predicted molar refractivity (Wildman–Crippen MR) is 146 cm³/mol. The van der Waals surface area contributed by atoms with Crippen molar-refractivity contribution in [2.75, 3.05) is 19.7 Å². The molecule has 3 aromatic rings. The zero-order valence-corrected chi connectivity index (χ0v) is 22.2. The highest BCUT2D eigenvalue weighted by Crippen LogP contribution is 2.15. The molecular weight excluding hydrogens is 525 g/mol. The van der Waals surface area contributed by atoms with Crippen molar-refractivity contribution in [3.05, 3.63) is 89.5 Å². The van der Waals surface area contributed by atoms with Crippen molar-refractivity contribution < 1.29 is 4.74 Å². The molecule has 0 spiro atoms. The number of rotatable bonds is 11. The summed E-state index contributed by atoms with van der Waals surface area (Å²) in [6, 6.07) is 18.9. The number of halogens is 1. The fourth-order valence-electron chi connectivity index (χ4n) is 3.47. The minimum absolute atomic E-state index is 0. The Morgan fingerprint density at radius 2 is 1.88 bits per heavy atom. The summed E-state index contributed by atoms with van der Waals surface area (Å²) in [5.74, 6) is 1.86. The van der Waals surface area contributed by atoms with Gasteiger partial charge < -0.3 is 19.9 Å². The Hall–Kier alpha value is -2.39. The van der Waals surface area contributed by atoms with Crippen LogP contribution in [-0.4, -0.2) is 35.2 Å². The lowest BCUT2D eigenvalue weighted by atomic mass is 10.1. The van der Waals surface area contributed by atoms with Gasteiger partial charge in [0.2, 0.25) is 0 Å². The Labute approximate surface area is 214 Å². The first kappa shape index (κ1) is 26.9. The van der Waals surface area contributed by atoms with Crippen LogP contribution < -0.4 is 10.6 Å². The molecule has 6 nitrogen and oxygen atoms in total. The number of guanidine groups is 1. The maximum atomic E-state index is 5.96. The highest BCUT2D eigenvalue weighted by atomic mass is 127. The van der Waals surface area contributed by atoms with Crippen molar-refractivity contribution in [2.24, 2.45) is 4.99 Å². The molecule has 0 bridgehead atoms. The number of imidazole rings is 1. The number of benzene rings is 2. The van der Waals surface area contributed by atoms with Crippen molar-refractivity contribution in [1.82, 2.24) is 20.2 Å². The minimum atomic E-state index is 0. The second kappa shape index (κ2) is 14.7. The van der Waals surface area contributed by atoms with Gasteiger partial charge >= 0.3 is 0 Å². The first-order valence-electron chi connectivity index (χ1n) is 11.4. The molecule has 33 heavy (non-hydrogen) atoms. The summed E-state index contributed by atoms with van der Waals surface area (Å²) in [6.07, 6.45) is 4.88. The van der Waals surface area contributed by atoms with E-state index in [0.717, 1.165) is 37.8 Å². The molecule has 1 unspecified atom stereocenters. The molecule has 0 aliphatic rings. The Morgan fingerprint density at radius 3 is 2.61 bits per heavy atom. The molecule has 1 atom stereocenters. The van der Waals surface area contributed by atoms with E-state index in [1.165, 1.54) is 16.7 Å². The SMILES string of the molecule is CCNC(=NCc1cccc(Cn2ccnc2C)c1)NCCCOC(C)c1ccccc1.I. The molecule has 0 saturated carbocycles. The molecule has 3 rings (SSSR count). The fourth-order valence-corrected chi connectivity index (χ4v) is 3.47. The van der Waals surface area contributed by atoms with Gasteiger partial charge in [-0.15, -0.1) is 24.0 Å². The molecule has 0 aliphatic heterocycles. The van der Waals surface area contributed by atoms with Gasteiger partial charge in [0.25, 0.3) is 0 Å². The number of aromatic nitrogens is 2. The van der Waals surface area contributed by atoms with Crippen LogP contribution in [0.1, 0.15) is 48.9 Å². The van der Waals surface area contributed by atoms with E-state index < -0.39 is 0 Å². The lowest BCUT2D eigenvalue weighted by molar-refractivity contribution is 0.0646. The van der Waals surface area contributed by atoms with Crippen molar-refractivity contribution in [1.29, 1.82) is 0 Å². The zero-order chi connectivity index (χ0) is 22.6. The number of hydrogen-bond donors (Lipinski definition) is 2. The molecule has 0 amide bonds. The smallest absolute Gasteiger partial charge is 0.191 e. The quantitative estimate of drug-likeness (QED) is 0.148. The Bertz CT molecular complexity index is 974. The number of aliphatic imine (C=N–C) groups is 1. The number of nitrogens with zero attached hydrogens (tertiary/aromatic N) is 3. The van der Waals surface area contributed by atoms with E-state index in [-0.39, 0.29) is 30.1 Å². The van der Waals surface area contributed by atoms with Crippen LogP contribution in [0.4, 0.5) is 0 Å². The molecule has 178 valence electrons. The molecule has 2 N–H and O–H groups in total. The van der Waals surface area contributed by atoms with Crippen LogP contribution >= 0.6 is 24.0 Å². The fraction of sp³-hybridized carbons (Fsp3) is 0.385. The van der Waals surface area contributed by atoms with Crippen LogP contribution in [-0.2, 0) is 17.8 Å². The molecule has 1 heterocycles. The summed E-state index contributed by atoms with van der Waals surface area (Å²) >= 11 is 0. The van der Waals surface area contributed by atoms with Crippen molar-refractivity contribution >= 4 is 29.9 Å². The highest BCUT2D eigenvalue weighted by Gasteiger charge is 2.05. The third-order valence-corrected chi connectivity index (χ3v) is 5.28. The molecule has 7 heteroatoms. The van der Waals surface area contributed by atoms with Gasteiger partial charge in [0.1, 0.15) is 5.82 Å². The van der Waals surface area contributed by atoms with Gasteiger partial charge in [-0.05, 0) is 43.9 Å². The molecule has 2 aromatic carbocycles. The number of hydrogen-bond acceptors (Lipinski definition) is 3. The van der Waals surface area contributed by atoms with Gasteiger partial charge in [-0.1, -0.05) is 54.6 Å². The van der Waals surface area contributed by atoms with Crippen molar-refractivity contribution in [3.63, 3.8) is 0 Å². The summed E-state index contributed by atoms with van der Waals surface area (Å²) in [5, 5.41) is 6.73. The summed E-state index contributed by atoms with van der Waals surface area (Å²) in [5.41, 5.74) is 3.65. The van der Waals surface area contributed by atoms with Gasteiger partial charge in [-0.3, -0.25) is 0 Å². The third kappa shape index (κ3) is 9.17. The Kier molecular flexibility index (Phi) is 12.0. The Morgan fingerprint density at radius 1 is 1.09 bits per heavy atom. The number of ether oxygens (including phenoxy) is 1. The molecule has 0 radical (unpaired) electrons. The number of nitrogens with one attached hydrogen (secondary N) is 2. The van der Waals surface area contributed by atoms with Crippen LogP contribution in [0.2, 0.25) is 0 Å².